The van der Waals surface area contributed by atoms with E-state index < -0.39 is 0 Å². The van der Waals surface area contributed by atoms with Gasteiger partial charge in [-0.25, -0.2) is 0 Å². The van der Waals surface area contributed by atoms with Crippen LogP contribution >= 0.6 is 0 Å². The molecule has 86 valence electrons. The van der Waals surface area contributed by atoms with Gasteiger partial charge in [0.05, 0.1) is 12.7 Å². The summed E-state index contributed by atoms with van der Waals surface area (Å²) in [6.45, 7) is 5.77. The van der Waals surface area contributed by atoms with E-state index in [1.165, 1.54) is 0 Å². The third-order valence-corrected chi connectivity index (χ3v) is 1.94. The zero-order valence-corrected chi connectivity index (χ0v) is 9.27. The van der Waals surface area contributed by atoms with Crippen molar-refractivity contribution in [1.29, 1.82) is 0 Å². The van der Waals surface area contributed by atoms with Gasteiger partial charge in [0.25, 0.3) is 0 Å². The minimum atomic E-state index is 0.454. The van der Waals surface area contributed by atoms with Crippen LogP contribution in [-0.4, -0.2) is 32.1 Å². The maximum atomic E-state index is 5.06. The summed E-state index contributed by atoms with van der Waals surface area (Å²) in [6.07, 6.45) is 1.55. The number of rotatable bonds is 5. The fraction of sp³-hybridized carbons (Fsp3) is 0.556. The molecule has 0 saturated carbocycles. The molecule has 2 N–H and O–H groups in total. The van der Waals surface area contributed by atoms with Gasteiger partial charge < -0.3 is 9.84 Å². The minimum absolute atomic E-state index is 0.454. The average molecular weight is 222 g/mol. The highest BCUT2D eigenvalue weighted by molar-refractivity contribution is 5.44. The van der Waals surface area contributed by atoms with E-state index >= 15 is 0 Å². The second-order valence-corrected chi connectivity index (χ2v) is 3.89. The van der Waals surface area contributed by atoms with Gasteiger partial charge in [0, 0.05) is 0 Å². The molecule has 2 aromatic rings. The smallest absolute Gasteiger partial charge is 0.240 e. The number of nitrogens with zero attached hydrogens (tertiary/aromatic N) is 4. The van der Waals surface area contributed by atoms with Gasteiger partial charge in [-0.15, -0.1) is 0 Å². The number of H-pyrrole nitrogens is 1. The Morgan fingerprint density at radius 1 is 1.50 bits per heavy atom. The van der Waals surface area contributed by atoms with Crippen molar-refractivity contribution in [2.24, 2.45) is 5.92 Å². The van der Waals surface area contributed by atoms with Crippen molar-refractivity contribution in [1.82, 2.24) is 30.9 Å². The molecule has 16 heavy (non-hydrogen) atoms. The van der Waals surface area contributed by atoms with E-state index in [1.807, 2.05) is 0 Å². The van der Waals surface area contributed by atoms with Crippen LogP contribution in [0.1, 0.15) is 19.7 Å². The van der Waals surface area contributed by atoms with Gasteiger partial charge in [-0.3, -0.25) is 0 Å². The van der Waals surface area contributed by atoms with Gasteiger partial charge in [0.15, 0.2) is 5.69 Å². The van der Waals surface area contributed by atoms with Crippen LogP contribution in [0.4, 0.5) is 0 Å². The molecule has 0 bridgehead atoms. The lowest BCUT2D eigenvalue weighted by atomic mass is 10.2. The van der Waals surface area contributed by atoms with Gasteiger partial charge in [0.2, 0.25) is 11.7 Å². The quantitative estimate of drug-likeness (QED) is 0.769. The first-order valence-corrected chi connectivity index (χ1v) is 5.15. The van der Waals surface area contributed by atoms with Crippen molar-refractivity contribution in [2.75, 3.05) is 6.54 Å². The average Bonchev–Trinajstić information content (AvgIpc) is 2.85. The predicted octanol–water partition coefficient (Wildman–Crippen LogP) is 0.600. The van der Waals surface area contributed by atoms with Crippen LogP contribution in [-0.2, 0) is 6.54 Å². The van der Waals surface area contributed by atoms with Crippen LogP contribution in [0.25, 0.3) is 11.5 Å². The number of hydrogen-bond acceptors (Lipinski definition) is 6. The molecule has 7 heteroatoms. The standard InChI is InChI=1S/C9H14N6O/c1-6(2)3-10-5-8-12-9(14-16-8)7-4-11-15-13-7/h4,6,10H,3,5H2,1-2H3,(H,11,13,15). The van der Waals surface area contributed by atoms with Crippen molar-refractivity contribution in [3.8, 4) is 11.5 Å². The van der Waals surface area contributed by atoms with E-state index in [1.54, 1.807) is 6.20 Å². The number of nitrogens with one attached hydrogen (secondary N) is 2. The van der Waals surface area contributed by atoms with Crippen LogP contribution in [0.5, 0.6) is 0 Å². The van der Waals surface area contributed by atoms with E-state index in [0.717, 1.165) is 6.54 Å². The molecular formula is C9H14N6O. The maximum absolute atomic E-state index is 5.06. The Labute approximate surface area is 92.6 Å². The zero-order chi connectivity index (χ0) is 11.4. The summed E-state index contributed by atoms with van der Waals surface area (Å²) < 4.78 is 5.06. The second kappa shape index (κ2) is 4.84. The molecule has 0 unspecified atom stereocenters. The molecule has 0 aliphatic carbocycles. The number of aromatic amines is 1. The molecule has 0 saturated heterocycles. The molecule has 0 radical (unpaired) electrons. The van der Waals surface area contributed by atoms with Crippen LogP contribution < -0.4 is 5.32 Å². The number of hydrogen-bond donors (Lipinski definition) is 2. The summed E-state index contributed by atoms with van der Waals surface area (Å²) in [5, 5.41) is 17.1. The van der Waals surface area contributed by atoms with E-state index in [0.29, 0.717) is 29.9 Å². The Balaban J connectivity index is 1.93. The van der Waals surface area contributed by atoms with Crippen molar-refractivity contribution < 1.29 is 4.52 Å². The summed E-state index contributed by atoms with van der Waals surface area (Å²) in [5.74, 6) is 1.60. The van der Waals surface area contributed by atoms with Gasteiger partial charge in [0.1, 0.15) is 0 Å². The third-order valence-electron chi connectivity index (χ3n) is 1.94. The fourth-order valence-corrected chi connectivity index (χ4v) is 1.21. The molecule has 0 atom stereocenters. The lowest BCUT2D eigenvalue weighted by molar-refractivity contribution is 0.364. The summed E-state index contributed by atoms with van der Waals surface area (Å²) in [6, 6.07) is 0. The Morgan fingerprint density at radius 3 is 3.06 bits per heavy atom. The molecule has 7 nitrogen and oxygen atoms in total. The van der Waals surface area contributed by atoms with Crippen LogP contribution in [0, 0.1) is 5.92 Å². The molecule has 0 spiro atoms. The molecule has 0 aliphatic rings. The van der Waals surface area contributed by atoms with E-state index in [4.69, 9.17) is 4.52 Å². The highest BCUT2D eigenvalue weighted by Gasteiger charge is 2.10. The topological polar surface area (TPSA) is 92.5 Å². The molecular weight excluding hydrogens is 208 g/mol. The Morgan fingerprint density at radius 2 is 2.38 bits per heavy atom. The van der Waals surface area contributed by atoms with Gasteiger partial charge in [-0.05, 0) is 12.5 Å². The monoisotopic (exact) mass is 222 g/mol. The lowest BCUT2D eigenvalue weighted by Gasteiger charge is -2.03. The first-order valence-electron chi connectivity index (χ1n) is 5.15. The molecule has 2 aromatic heterocycles. The Kier molecular flexibility index (Phi) is 3.25. The largest absolute Gasteiger partial charge is 0.337 e. The minimum Gasteiger partial charge on any atom is -0.337 e. The van der Waals surface area contributed by atoms with Crippen molar-refractivity contribution in [3.05, 3.63) is 12.1 Å². The first-order chi connectivity index (χ1) is 7.75. The summed E-state index contributed by atoms with van der Waals surface area (Å²) >= 11 is 0. The molecule has 0 fully saturated rings. The number of aromatic nitrogens is 5. The first kappa shape index (κ1) is 10.7. The molecule has 2 rings (SSSR count). The second-order valence-electron chi connectivity index (χ2n) is 3.89. The van der Waals surface area contributed by atoms with Gasteiger partial charge >= 0.3 is 0 Å². The van der Waals surface area contributed by atoms with E-state index in [9.17, 15) is 0 Å². The normalized spacial score (nSPS) is 11.2. The van der Waals surface area contributed by atoms with Crippen molar-refractivity contribution >= 4 is 0 Å². The molecule has 0 aliphatic heterocycles. The Bertz CT molecular complexity index is 421. The van der Waals surface area contributed by atoms with Crippen molar-refractivity contribution in [2.45, 2.75) is 20.4 Å². The SMILES string of the molecule is CC(C)CNCc1nc(-c2cn[nH]n2)no1. The van der Waals surface area contributed by atoms with E-state index in [-0.39, 0.29) is 0 Å². The molecule has 2 heterocycles. The summed E-state index contributed by atoms with van der Waals surface area (Å²) in [4.78, 5) is 4.19. The summed E-state index contributed by atoms with van der Waals surface area (Å²) in [5.41, 5.74) is 0.582. The highest BCUT2D eigenvalue weighted by atomic mass is 16.5. The summed E-state index contributed by atoms with van der Waals surface area (Å²) in [7, 11) is 0. The zero-order valence-electron chi connectivity index (χ0n) is 9.27. The molecule has 0 aromatic carbocycles. The molecule has 0 amide bonds. The van der Waals surface area contributed by atoms with Gasteiger partial charge in [-0.2, -0.15) is 20.4 Å². The van der Waals surface area contributed by atoms with Crippen LogP contribution in [0.15, 0.2) is 10.7 Å². The fourth-order valence-electron chi connectivity index (χ4n) is 1.21. The third kappa shape index (κ3) is 2.63. The van der Waals surface area contributed by atoms with Gasteiger partial charge in [-0.1, -0.05) is 19.0 Å². The highest BCUT2D eigenvalue weighted by Crippen LogP contribution is 2.09. The van der Waals surface area contributed by atoms with Crippen LogP contribution in [0.2, 0.25) is 0 Å². The predicted molar refractivity (Wildman–Crippen MR) is 56.2 cm³/mol. The Hall–Kier alpha value is -1.76. The van der Waals surface area contributed by atoms with Crippen molar-refractivity contribution in [3.63, 3.8) is 0 Å². The van der Waals surface area contributed by atoms with Crippen LogP contribution in [0.3, 0.4) is 0 Å². The van der Waals surface area contributed by atoms with E-state index in [2.05, 4.69) is 44.7 Å². The lowest BCUT2D eigenvalue weighted by Crippen LogP contribution is -2.19. The maximum Gasteiger partial charge on any atom is 0.240 e.